The molecule has 3 heterocycles. The van der Waals surface area contributed by atoms with Crippen molar-refractivity contribution in [2.24, 2.45) is 0 Å². The van der Waals surface area contributed by atoms with E-state index < -0.39 is 0 Å². The standard InChI is InChI=1S/C26H25N5O2S/c32-24(30(18-23-14-8-16-33-23)21-10-3-1-4-11-21)19-34-26-29-28-25(20-9-7-15-27-17-20)31(26)22-12-5-2-6-13-22/h2,5-10,12-17H,1,3-4,11,18-19H2. The van der Waals surface area contributed by atoms with Gasteiger partial charge >= 0.3 is 0 Å². The van der Waals surface area contributed by atoms with E-state index in [9.17, 15) is 4.79 Å². The number of nitrogens with zero attached hydrogens (tertiary/aromatic N) is 5. The lowest BCUT2D eigenvalue weighted by Gasteiger charge is -2.27. The molecular formula is C26H25N5O2S. The van der Waals surface area contributed by atoms with Crippen LogP contribution < -0.4 is 0 Å². The Hall–Kier alpha value is -3.65. The van der Waals surface area contributed by atoms with E-state index in [4.69, 9.17) is 4.42 Å². The van der Waals surface area contributed by atoms with Crippen LogP contribution in [0.4, 0.5) is 0 Å². The molecule has 0 saturated carbocycles. The van der Waals surface area contributed by atoms with Gasteiger partial charge in [-0.3, -0.25) is 14.3 Å². The van der Waals surface area contributed by atoms with Crippen LogP contribution in [-0.2, 0) is 11.3 Å². The van der Waals surface area contributed by atoms with Crippen molar-refractivity contribution >= 4 is 17.7 Å². The number of allylic oxidation sites excluding steroid dienone is 2. The summed E-state index contributed by atoms with van der Waals surface area (Å²) in [6, 6.07) is 17.5. The second-order valence-corrected chi connectivity index (χ2v) is 8.95. The Morgan fingerprint density at radius 1 is 1.06 bits per heavy atom. The zero-order valence-electron chi connectivity index (χ0n) is 18.7. The number of amides is 1. The van der Waals surface area contributed by atoms with E-state index in [-0.39, 0.29) is 11.7 Å². The van der Waals surface area contributed by atoms with Gasteiger partial charge in [0.15, 0.2) is 11.0 Å². The number of pyridine rings is 1. The SMILES string of the molecule is O=C(CSc1nnc(-c2cccnc2)n1-c1ccccc1)N(Cc1ccco1)C1=CCCCC1. The average molecular weight is 472 g/mol. The fraction of sp³-hybridized carbons (Fsp3) is 0.231. The Balaban J connectivity index is 1.41. The smallest absolute Gasteiger partial charge is 0.237 e. The molecule has 7 nitrogen and oxygen atoms in total. The monoisotopic (exact) mass is 471 g/mol. The maximum Gasteiger partial charge on any atom is 0.237 e. The molecule has 1 amide bonds. The van der Waals surface area contributed by atoms with Crippen molar-refractivity contribution in [3.8, 4) is 17.1 Å². The lowest BCUT2D eigenvalue weighted by molar-refractivity contribution is -0.127. The molecule has 0 radical (unpaired) electrons. The van der Waals surface area contributed by atoms with Gasteiger partial charge in [-0.2, -0.15) is 0 Å². The number of hydrogen-bond donors (Lipinski definition) is 0. The summed E-state index contributed by atoms with van der Waals surface area (Å²) in [7, 11) is 0. The zero-order chi connectivity index (χ0) is 23.2. The van der Waals surface area contributed by atoms with Gasteiger partial charge in [-0.05, 0) is 62.1 Å². The molecule has 0 spiro atoms. The quantitative estimate of drug-likeness (QED) is 0.316. The highest BCUT2D eigenvalue weighted by Gasteiger charge is 2.23. The van der Waals surface area contributed by atoms with E-state index in [1.165, 1.54) is 18.2 Å². The number of thioether (sulfide) groups is 1. The molecule has 0 bridgehead atoms. The largest absolute Gasteiger partial charge is 0.467 e. The van der Waals surface area contributed by atoms with Crippen LogP contribution in [0.3, 0.4) is 0 Å². The molecule has 5 rings (SSSR count). The number of aromatic nitrogens is 4. The van der Waals surface area contributed by atoms with Crippen LogP contribution in [0.15, 0.2) is 94.6 Å². The third-order valence-corrected chi connectivity index (χ3v) is 6.61. The van der Waals surface area contributed by atoms with Crippen molar-refractivity contribution in [2.75, 3.05) is 5.75 Å². The zero-order valence-corrected chi connectivity index (χ0v) is 19.5. The highest BCUT2D eigenvalue weighted by molar-refractivity contribution is 7.99. The maximum atomic E-state index is 13.4. The van der Waals surface area contributed by atoms with Gasteiger partial charge in [0.1, 0.15) is 5.76 Å². The second kappa shape index (κ2) is 10.5. The summed E-state index contributed by atoms with van der Waals surface area (Å²) in [5.41, 5.74) is 2.88. The van der Waals surface area contributed by atoms with Crippen molar-refractivity contribution in [3.05, 3.63) is 90.8 Å². The highest BCUT2D eigenvalue weighted by Crippen LogP contribution is 2.29. The second-order valence-electron chi connectivity index (χ2n) is 8.01. The first-order valence-corrected chi connectivity index (χ1v) is 12.3. The van der Waals surface area contributed by atoms with E-state index in [0.29, 0.717) is 17.5 Å². The molecule has 34 heavy (non-hydrogen) atoms. The Morgan fingerprint density at radius 3 is 2.71 bits per heavy atom. The summed E-state index contributed by atoms with van der Waals surface area (Å²) in [5.74, 6) is 1.74. The van der Waals surface area contributed by atoms with E-state index in [1.807, 2.05) is 64.1 Å². The minimum Gasteiger partial charge on any atom is -0.467 e. The third-order valence-electron chi connectivity index (χ3n) is 5.70. The van der Waals surface area contributed by atoms with Crippen LogP contribution in [0.25, 0.3) is 17.1 Å². The molecule has 1 aliphatic rings. The van der Waals surface area contributed by atoms with Gasteiger partial charge in [0.05, 0.1) is 18.6 Å². The van der Waals surface area contributed by atoms with Gasteiger partial charge in [-0.1, -0.05) is 36.0 Å². The normalized spacial score (nSPS) is 13.5. The fourth-order valence-electron chi connectivity index (χ4n) is 4.03. The molecule has 0 atom stereocenters. The van der Waals surface area contributed by atoms with Crippen LogP contribution >= 0.6 is 11.8 Å². The number of para-hydroxylation sites is 1. The summed E-state index contributed by atoms with van der Waals surface area (Å²) in [6.07, 6.45) is 11.5. The van der Waals surface area contributed by atoms with Crippen molar-refractivity contribution in [3.63, 3.8) is 0 Å². The van der Waals surface area contributed by atoms with Gasteiger partial charge in [0.25, 0.3) is 0 Å². The Kier molecular flexibility index (Phi) is 6.86. The summed E-state index contributed by atoms with van der Waals surface area (Å²) >= 11 is 1.39. The summed E-state index contributed by atoms with van der Waals surface area (Å²) in [4.78, 5) is 19.5. The molecule has 4 aromatic rings. The first-order valence-electron chi connectivity index (χ1n) is 11.4. The number of carbonyl (C=O) groups is 1. The van der Waals surface area contributed by atoms with Gasteiger partial charge < -0.3 is 9.32 Å². The number of carbonyl (C=O) groups excluding carboxylic acids is 1. The number of hydrogen-bond acceptors (Lipinski definition) is 6. The Bertz CT molecular complexity index is 1250. The molecular weight excluding hydrogens is 446 g/mol. The van der Waals surface area contributed by atoms with Gasteiger partial charge in [0, 0.05) is 29.3 Å². The molecule has 8 heteroatoms. The van der Waals surface area contributed by atoms with E-state index in [0.717, 1.165) is 42.0 Å². The molecule has 1 aromatic carbocycles. The predicted octanol–water partition coefficient (Wildman–Crippen LogP) is 5.50. The Morgan fingerprint density at radius 2 is 1.97 bits per heavy atom. The van der Waals surface area contributed by atoms with Crippen LogP contribution in [-0.4, -0.2) is 36.3 Å². The van der Waals surface area contributed by atoms with Crippen molar-refractivity contribution in [1.82, 2.24) is 24.6 Å². The fourth-order valence-corrected chi connectivity index (χ4v) is 4.86. The first-order chi connectivity index (χ1) is 16.8. The van der Waals surface area contributed by atoms with Crippen molar-refractivity contribution < 1.29 is 9.21 Å². The minimum atomic E-state index is 0.0279. The highest BCUT2D eigenvalue weighted by atomic mass is 32.2. The summed E-state index contributed by atoms with van der Waals surface area (Å²) in [5, 5.41) is 9.53. The number of benzene rings is 1. The molecule has 0 saturated heterocycles. The predicted molar refractivity (Wildman–Crippen MR) is 131 cm³/mol. The van der Waals surface area contributed by atoms with E-state index in [2.05, 4.69) is 21.3 Å². The molecule has 172 valence electrons. The number of rotatable bonds is 8. The summed E-state index contributed by atoms with van der Waals surface area (Å²) < 4.78 is 7.51. The molecule has 0 unspecified atom stereocenters. The molecule has 0 fully saturated rings. The lowest BCUT2D eigenvalue weighted by Crippen LogP contribution is -2.32. The first kappa shape index (κ1) is 22.2. The maximum absolute atomic E-state index is 13.4. The average Bonchev–Trinajstić information content (AvgIpc) is 3.57. The Labute approximate surface area is 202 Å². The van der Waals surface area contributed by atoms with Crippen molar-refractivity contribution in [1.29, 1.82) is 0 Å². The lowest BCUT2D eigenvalue weighted by atomic mass is 10.0. The molecule has 0 aliphatic heterocycles. The van der Waals surface area contributed by atoms with Gasteiger partial charge in [0.2, 0.25) is 5.91 Å². The molecule has 1 aliphatic carbocycles. The van der Waals surface area contributed by atoms with Crippen LogP contribution in [0.2, 0.25) is 0 Å². The topological polar surface area (TPSA) is 77.1 Å². The minimum absolute atomic E-state index is 0.0279. The van der Waals surface area contributed by atoms with E-state index in [1.54, 1.807) is 18.7 Å². The number of furan rings is 1. The molecule has 0 N–H and O–H groups in total. The van der Waals surface area contributed by atoms with Crippen LogP contribution in [0, 0.1) is 0 Å². The van der Waals surface area contributed by atoms with Crippen LogP contribution in [0.5, 0.6) is 0 Å². The third kappa shape index (κ3) is 4.97. The van der Waals surface area contributed by atoms with Crippen molar-refractivity contribution in [2.45, 2.75) is 37.4 Å². The van der Waals surface area contributed by atoms with Crippen LogP contribution in [0.1, 0.15) is 31.4 Å². The van der Waals surface area contributed by atoms with Gasteiger partial charge in [-0.15, -0.1) is 10.2 Å². The molecule has 3 aromatic heterocycles. The summed E-state index contributed by atoms with van der Waals surface area (Å²) in [6.45, 7) is 0.435. The van der Waals surface area contributed by atoms with E-state index >= 15 is 0 Å². The van der Waals surface area contributed by atoms with Gasteiger partial charge in [-0.25, -0.2) is 0 Å².